The number of aliphatic hydroxyl groups excluding tert-OH is 1. The van der Waals surface area contributed by atoms with E-state index >= 15 is 0 Å². The van der Waals surface area contributed by atoms with Crippen molar-refractivity contribution in [3.05, 3.63) is 53.1 Å². The van der Waals surface area contributed by atoms with Crippen LogP contribution in [0.5, 0.6) is 0 Å². The zero-order valence-electron chi connectivity index (χ0n) is 27.0. The molecule has 1 saturated heterocycles. The Morgan fingerprint density at radius 1 is 0.933 bits per heavy atom. The molecule has 0 unspecified atom stereocenters. The number of esters is 4. The second-order valence-electron chi connectivity index (χ2n) is 13.7. The number of hydrogen-bond donors (Lipinski definition) is 1. The summed E-state index contributed by atoms with van der Waals surface area (Å²) in [5, 5.41) is 12.2. The molecule has 3 aliphatic carbocycles. The smallest absolute Gasteiger partial charge is 0.331 e. The Kier molecular flexibility index (Phi) is 8.78. The number of fused-ring (bicyclic) bond motifs is 4. The fourth-order valence-electron chi connectivity index (χ4n) is 8.63. The molecule has 1 heterocycles. The van der Waals surface area contributed by atoms with E-state index in [2.05, 4.69) is 0 Å². The first-order valence-electron chi connectivity index (χ1n) is 15.6. The van der Waals surface area contributed by atoms with Crippen LogP contribution < -0.4 is 0 Å². The second kappa shape index (κ2) is 12.0. The molecular formula is C35H44O10. The fraction of sp³-hybridized carbons (Fsp3) is 0.600. The van der Waals surface area contributed by atoms with Crippen LogP contribution in [0.2, 0.25) is 0 Å². The number of ether oxygens (including phenoxy) is 5. The van der Waals surface area contributed by atoms with Crippen molar-refractivity contribution in [2.45, 2.75) is 104 Å². The van der Waals surface area contributed by atoms with E-state index in [0.717, 1.165) is 5.56 Å². The molecule has 10 heteroatoms. The van der Waals surface area contributed by atoms with Crippen molar-refractivity contribution >= 4 is 30.0 Å². The van der Waals surface area contributed by atoms with Crippen LogP contribution in [0.25, 0.3) is 6.08 Å². The normalized spacial score (nSPS) is 36.8. The Balaban J connectivity index is 1.63. The zero-order chi connectivity index (χ0) is 32.9. The molecule has 244 valence electrons. The van der Waals surface area contributed by atoms with E-state index in [1.807, 2.05) is 58.0 Å². The number of hydrogen-bond acceptors (Lipinski definition) is 10. The third-order valence-corrected chi connectivity index (χ3v) is 10.5. The Hall–Kier alpha value is -3.50. The number of carbonyl (C=O) groups is 4. The third kappa shape index (κ3) is 5.94. The second-order valence-corrected chi connectivity index (χ2v) is 13.7. The van der Waals surface area contributed by atoms with E-state index in [1.54, 1.807) is 6.08 Å². The summed E-state index contributed by atoms with van der Waals surface area (Å²) in [6.07, 6.45) is -0.383. The van der Waals surface area contributed by atoms with Crippen molar-refractivity contribution in [3.63, 3.8) is 0 Å². The highest BCUT2D eigenvalue weighted by molar-refractivity contribution is 5.87. The molecule has 10 nitrogen and oxygen atoms in total. The number of rotatable bonds is 6. The lowest BCUT2D eigenvalue weighted by Gasteiger charge is -2.60. The molecule has 1 spiro atoms. The Morgan fingerprint density at radius 3 is 2.13 bits per heavy atom. The van der Waals surface area contributed by atoms with Crippen LogP contribution in [0, 0.1) is 22.7 Å². The SMILES string of the molecule is CC(=O)O[C@@H]1[C@@H]2C[C@H](OC(C)=O)C(C)=C([C@@H](O)[C@H](OC(C)=O)[C@]3(C)CC[C@H](OC(=O)C=Cc4ccccc4)[C@]4(CO4)[C@@H]13)C2(C)C. The van der Waals surface area contributed by atoms with Gasteiger partial charge < -0.3 is 28.8 Å². The Labute approximate surface area is 264 Å². The van der Waals surface area contributed by atoms with E-state index in [-0.39, 0.29) is 6.61 Å². The lowest BCUT2D eigenvalue weighted by Crippen LogP contribution is -2.68. The Morgan fingerprint density at radius 2 is 1.56 bits per heavy atom. The van der Waals surface area contributed by atoms with Gasteiger partial charge in [0.25, 0.3) is 0 Å². The molecule has 0 amide bonds. The van der Waals surface area contributed by atoms with Gasteiger partial charge in [-0.2, -0.15) is 0 Å². The summed E-state index contributed by atoms with van der Waals surface area (Å²) in [7, 11) is 0. The highest BCUT2D eigenvalue weighted by Gasteiger charge is 2.74. The summed E-state index contributed by atoms with van der Waals surface area (Å²) in [5.41, 5.74) is -0.681. The quantitative estimate of drug-likeness (QED) is 0.160. The van der Waals surface area contributed by atoms with Gasteiger partial charge in [0.2, 0.25) is 0 Å². The molecule has 2 bridgehead atoms. The minimum absolute atomic E-state index is 0.219. The average molecular weight is 625 g/mol. The minimum atomic E-state index is -1.25. The molecular weight excluding hydrogens is 580 g/mol. The molecule has 9 atom stereocenters. The molecule has 5 rings (SSSR count). The van der Waals surface area contributed by atoms with Crippen molar-refractivity contribution in [1.82, 2.24) is 0 Å². The van der Waals surface area contributed by atoms with E-state index in [4.69, 9.17) is 23.7 Å². The van der Waals surface area contributed by atoms with Crippen molar-refractivity contribution in [3.8, 4) is 0 Å². The predicted molar refractivity (Wildman–Crippen MR) is 162 cm³/mol. The van der Waals surface area contributed by atoms with Gasteiger partial charge in [-0.1, -0.05) is 51.1 Å². The molecule has 3 fully saturated rings. The van der Waals surface area contributed by atoms with Gasteiger partial charge in [0.15, 0.2) is 0 Å². The molecule has 1 aromatic rings. The molecule has 4 aliphatic rings. The van der Waals surface area contributed by atoms with Crippen LogP contribution in [0.15, 0.2) is 47.6 Å². The Bertz CT molecular complexity index is 1410. The van der Waals surface area contributed by atoms with Gasteiger partial charge >= 0.3 is 23.9 Å². The number of aliphatic hydroxyl groups is 1. The fourth-order valence-corrected chi connectivity index (χ4v) is 8.63. The number of epoxide rings is 1. The van der Waals surface area contributed by atoms with Crippen LogP contribution in [0.3, 0.4) is 0 Å². The van der Waals surface area contributed by atoms with Gasteiger partial charge in [0.05, 0.1) is 6.61 Å². The van der Waals surface area contributed by atoms with Gasteiger partial charge in [0, 0.05) is 44.1 Å². The van der Waals surface area contributed by atoms with Crippen molar-refractivity contribution in [2.24, 2.45) is 22.7 Å². The lowest BCUT2D eigenvalue weighted by molar-refractivity contribution is -0.225. The largest absolute Gasteiger partial charge is 0.462 e. The van der Waals surface area contributed by atoms with E-state index in [0.29, 0.717) is 30.4 Å². The van der Waals surface area contributed by atoms with E-state index < -0.39 is 82.7 Å². The maximum atomic E-state index is 13.1. The summed E-state index contributed by atoms with van der Waals surface area (Å²) in [6.45, 7) is 11.8. The van der Waals surface area contributed by atoms with Gasteiger partial charge in [-0.25, -0.2) is 4.79 Å². The van der Waals surface area contributed by atoms with Crippen molar-refractivity contribution in [1.29, 1.82) is 0 Å². The highest BCUT2D eigenvalue weighted by atomic mass is 16.6. The topological polar surface area (TPSA) is 138 Å². The van der Waals surface area contributed by atoms with E-state index in [1.165, 1.54) is 26.8 Å². The van der Waals surface area contributed by atoms with Gasteiger partial charge in [-0.15, -0.1) is 0 Å². The van der Waals surface area contributed by atoms with Crippen molar-refractivity contribution < 1.29 is 48.0 Å². The van der Waals surface area contributed by atoms with Crippen LogP contribution in [0.1, 0.15) is 73.3 Å². The summed E-state index contributed by atoms with van der Waals surface area (Å²) >= 11 is 0. The van der Waals surface area contributed by atoms with E-state index in [9.17, 15) is 24.3 Å². The monoisotopic (exact) mass is 624 g/mol. The highest BCUT2D eigenvalue weighted by Crippen LogP contribution is 2.65. The third-order valence-electron chi connectivity index (χ3n) is 10.5. The first-order chi connectivity index (χ1) is 21.1. The molecule has 2 saturated carbocycles. The van der Waals surface area contributed by atoms with Gasteiger partial charge in [0.1, 0.15) is 36.1 Å². The van der Waals surface area contributed by atoms with Gasteiger partial charge in [-0.05, 0) is 54.4 Å². The summed E-state index contributed by atoms with van der Waals surface area (Å²) in [6, 6.07) is 9.38. The number of benzene rings is 1. The molecule has 0 aromatic heterocycles. The van der Waals surface area contributed by atoms with Crippen LogP contribution in [-0.4, -0.2) is 71.7 Å². The van der Waals surface area contributed by atoms with Crippen LogP contribution in [0.4, 0.5) is 0 Å². The van der Waals surface area contributed by atoms with Crippen molar-refractivity contribution in [2.75, 3.05) is 6.61 Å². The molecule has 1 aliphatic heterocycles. The standard InChI is InChI=1S/C35H44O10/c1-19-25(42-20(2)36)17-24-30(43-21(3)37)31-34(7,32(44-22(4)38)29(40)28(19)33(24,5)6)16-15-26(35(31)18-41-35)45-27(39)14-13-23-11-9-8-10-12-23/h8-14,24-26,29-32,40H,15-18H2,1-7H3/t24-,25-,26-,29+,30+,31-,32-,34+,35+/m0/s1. The molecule has 0 radical (unpaired) electrons. The summed E-state index contributed by atoms with van der Waals surface area (Å²) in [4.78, 5) is 50.8. The first-order valence-corrected chi connectivity index (χ1v) is 15.6. The average Bonchev–Trinajstić information content (AvgIpc) is 3.73. The molecule has 1 aromatic carbocycles. The summed E-state index contributed by atoms with van der Waals surface area (Å²) in [5.74, 6) is -3.20. The molecule has 45 heavy (non-hydrogen) atoms. The van der Waals surface area contributed by atoms with Gasteiger partial charge in [-0.3, -0.25) is 14.4 Å². The van der Waals surface area contributed by atoms with Crippen LogP contribution >= 0.6 is 0 Å². The molecule has 1 N–H and O–H groups in total. The first kappa shape index (κ1) is 32.9. The number of carbonyl (C=O) groups excluding carboxylic acids is 4. The maximum absolute atomic E-state index is 13.1. The predicted octanol–water partition coefficient (Wildman–Crippen LogP) is 4.33. The minimum Gasteiger partial charge on any atom is -0.462 e. The van der Waals surface area contributed by atoms with Crippen LogP contribution in [-0.2, 0) is 42.9 Å². The lowest BCUT2D eigenvalue weighted by atomic mass is 9.48. The zero-order valence-corrected chi connectivity index (χ0v) is 27.0. The summed E-state index contributed by atoms with van der Waals surface area (Å²) < 4.78 is 30.3. The maximum Gasteiger partial charge on any atom is 0.331 e.